The van der Waals surface area contributed by atoms with E-state index in [1.54, 1.807) is 18.2 Å². The molecule has 4 bridgehead atoms. The van der Waals surface area contributed by atoms with Gasteiger partial charge in [0.1, 0.15) is 12.2 Å². The molecule has 5 fully saturated rings. The number of carbonyl (C=O) groups is 1. The van der Waals surface area contributed by atoms with Gasteiger partial charge in [0.15, 0.2) is 11.5 Å². The fourth-order valence-electron chi connectivity index (χ4n) is 6.13. The Morgan fingerprint density at radius 1 is 1.17 bits per heavy atom. The van der Waals surface area contributed by atoms with Crippen molar-refractivity contribution < 1.29 is 20.0 Å². The highest BCUT2D eigenvalue weighted by molar-refractivity contribution is 5.92. The summed E-state index contributed by atoms with van der Waals surface area (Å²) in [5.74, 6) is 2.53. The molecule has 128 valence electrons. The molecule has 5 aliphatic rings. The molecule has 1 saturated heterocycles. The first-order valence-electron chi connectivity index (χ1n) is 9.07. The largest absolute Gasteiger partial charge is 0.595 e. The molecule has 2 N–H and O–H groups in total. The summed E-state index contributed by atoms with van der Waals surface area (Å²) < 4.78 is 5.75. The van der Waals surface area contributed by atoms with E-state index in [-0.39, 0.29) is 23.3 Å². The summed E-state index contributed by atoms with van der Waals surface area (Å²) in [6.45, 7) is 0. The zero-order valence-electron chi connectivity index (χ0n) is 13.6. The molecule has 0 radical (unpaired) electrons. The van der Waals surface area contributed by atoms with Crippen molar-refractivity contribution in [2.24, 2.45) is 23.2 Å². The number of rotatable bonds is 4. The molecule has 0 aromatic heterocycles. The van der Waals surface area contributed by atoms with Crippen LogP contribution in [0.2, 0.25) is 0 Å². The summed E-state index contributed by atoms with van der Waals surface area (Å²) in [7, 11) is 0. The predicted molar refractivity (Wildman–Crippen MR) is 85.4 cm³/mol. The Morgan fingerprint density at radius 3 is 2.38 bits per heavy atom. The van der Waals surface area contributed by atoms with Crippen molar-refractivity contribution in [3.05, 3.63) is 35.0 Å². The van der Waals surface area contributed by atoms with Crippen LogP contribution in [0.25, 0.3) is 0 Å². The molecular formula is C19H23NO4. The Bertz CT molecular complexity index is 650. The molecule has 5 nitrogen and oxygen atoms in total. The Hall–Kier alpha value is -1.27. The van der Waals surface area contributed by atoms with Crippen molar-refractivity contribution in [3.8, 4) is 0 Å². The van der Waals surface area contributed by atoms with Crippen LogP contribution in [0.4, 0.5) is 5.69 Å². The summed E-state index contributed by atoms with van der Waals surface area (Å²) in [6.07, 6.45) is 6.53. The van der Waals surface area contributed by atoms with E-state index in [1.165, 1.54) is 19.3 Å². The molecule has 4 saturated carbocycles. The maximum atomic E-state index is 13.2. The lowest BCUT2D eigenvalue weighted by molar-refractivity contribution is -0.991. The quantitative estimate of drug-likeness (QED) is 0.656. The number of ketones is 1. The molecule has 0 amide bonds. The van der Waals surface area contributed by atoms with Gasteiger partial charge in [-0.2, -0.15) is 5.23 Å². The second kappa shape index (κ2) is 5.11. The van der Waals surface area contributed by atoms with Gasteiger partial charge >= 0.3 is 0 Å². The zero-order chi connectivity index (χ0) is 16.5. The van der Waals surface area contributed by atoms with Gasteiger partial charge in [-0.05, 0) is 61.8 Å². The lowest BCUT2D eigenvalue weighted by Crippen LogP contribution is -2.99. The minimum atomic E-state index is -0.943. The van der Waals surface area contributed by atoms with E-state index in [2.05, 4.69) is 0 Å². The van der Waals surface area contributed by atoms with E-state index in [1.807, 2.05) is 6.07 Å². The highest BCUT2D eigenvalue weighted by Gasteiger charge is 2.60. The molecule has 1 aromatic rings. The maximum Gasteiger partial charge on any atom is 0.170 e. The first-order valence-corrected chi connectivity index (χ1v) is 9.07. The van der Waals surface area contributed by atoms with Gasteiger partial charge < -0.3 is 9.94 Å². The number of carbonyl (C=O) groups excluding carboxylic acids is 1. The van der Waals surface area contributed by atoms with Gasteiger partial charge in [-0.25, -0.2) is 5.21 Å². The Kier molecular flexibility index (Phi) is 3.20. The Labute approximate surface area is 141 Å². The summed E-state index contributed by atoms with van der Waals surface area (Å²) in [5, 5.41) is 19.3. The van der Waals surface area contributed by atoms with Crippen LogP contribution in [0.5, 0.6) is 0 Å². The van der Waals surface area contributed by atoms with E-state index in [0.717, 1.165) is 42.6 Å². The lowest BCUT2D eigenvalue weighted by Gasteiger charge is -2.55. The molecule has 4 aliphatic carbocycles. The summed E-state index contributed by atoms with van der Waals surface area (Å²) >= 11 is 0. The predicted octanol–water partition coefficient (Wildman–Crippen LogP) is 2.32. The van der Waals surface area contributed by atoms with Crippen LogP contribution in [0.1, 0.15) is 50.2 Å². The number of ether oxygens (including phenoxy) is 1. The molecule has 3 atom stereocenters. The number of hydrogen-bond acceptors (Lipinski definition) is 4. The number of benzene rings is 1. The third kappa shape index (κ3) is 2.26. The SMILES string of the molecule is O=C(C1OC1c1cccc([NH+]([O-])O)c1)C12CC3CC(CC(C3)C1)C2. The van der Waals surface area contributed by atoms with E-state index in [4.69, 9.17) is 9.94 Å². The van der Waals surface area contributed by atoms with Gasteiger partial charge in [-0.15, -0.1) is 0 Å². The van der Waals surface area contributed by atoms with Crippen LogP contribution in [0.15, 0.2) is 24.3 Å². The smallest absolute Gasteiger partial charge is 0.170 e. The average Bonchev–Trinajstić information content (AvgIpc) is 3.33. The summed E-state index contributed by atoms with van der Waals surface area (Å²) in [5.41, 5.74) is 0.931. The normalized spacial score (nSPS) is 43.7. The van der Waals surface area contributed by atoms with Crippen molar-refractivity contribution in [3.63, 3.8) is 0 Å². The van der Waals surface area contributed by atoms with E-state index >= 15 is 0 Å². The maximum absolute atomic E-state index is 13.2. The molecule has 0 spiro atoms. The van der Waals surface area contributed by atoms with Crippen LogP contribution in [-0.4, -0.2) is 17.1 Å². The fourth-order valence-corrected chi connectivity index (χ4v) is 6.13. The van der Waals surface area contributed by atoms with Crippen LogP contribution in [-0.2, 0) is 9.53 Å². The summed E-state index contributed by atoms with van der Waals surface area (Å²) in [4.78, 5) is 13.2. The van der Waals surface area contributed by atoms with Crippen molar-refractivity contribution in [2.75, 3.05) is 0 Å². The van der Waals surface area contributed by atoms with Crippen LogP contribution >= 0.6 is 0 Å². The Morgan fingerprint density at radius 2 is 1.79 bits per heavy atom. The van der Waals surface area contributed by atoms with Crippen LogP contribution < -0.4 is 5.23 Å². The van der Waals surface area contributed by atoms with Crippen molar-refractivity contribution >= 4 is 11.5 Å². The standard InChI is InChI=1S/C19H23NO4/c21-18(19-8-11-4-12(9-19)6-13(5-11)10-19)17-16(24-17)14-2-1-3-15(7-14)20(22)23/h1-3,7,11-13,16-17,20,22H,4-6,8-10H2. The zero-order valence-corrected chi connectivity index (χ0v) is 13.6. The first kappa shape index (κ1) is 15.0. The average molecular weight is 329 g/mol. The van der Waals surface area contributed by atoms with Crippen molar-refractivity contribution in [1.82, 2.24) is 0 Å². The van der Waals surface area contributed by atoms with Crippen molar-refractivity contribution in [2.45, 2.75) is 50.7 Å². The monoisotopic (exact) mass is 329 g/mol. The number of nitrogens with one attached hydrogen (secondary N) is 1. The molecule has 5 heteroatoms. The highest BCUT2D eigenvalue weighted by atomic mass is 16.8. The second-order valence-electron chi connectivity index (χ2n) is 8.47. The minimum Gasteiger partial charge on any atom is -0.595 e. The molecule has 1 aliphatic heterocycles. The highest BCUT2D eigenvalue weighted by Crippen LogP contribution is 2.62. The summed E-state index contributed by atoms with van der Waals surface area (Å²) in [6, 6.07) is 6.81. The Balaban J connectivity index is 1.35. The van der Waals surface area contributed by atoms with Crippen LogP contribution in [0.3, 0.4) is 0 Å². The van der Waals surface area contributed by atoms with Gasteiger partial charge in [-0.3, -0.25) is 4.79 Å². The molecular weight excluding hydrogens is 306 g/mol. The molecule has 1 heterocycles. The minimum absolute atomic E-state index is 0.140. The fraction of sp³-hybridized carbons (Fsp3) is 0.632. The van der Waals surface area contributed by atoms with Gasteiger partial charge in [0.05, 0.1) is 0 Å². The molecule has 3 unspecified atom stereocenters. The molecule has 24 heavy (non-hydrogen) atoms. The van der Waals surface area contributed by atoms with Gasteiger partial charge in [-0.1, -0.05) is 12.1 Å². The van der Waals surface area contributed by atoms with Gasteiger partial charge in [0.2, 0.25) is 0 Å². The number of hydrogen-bond donors (Lipinski definition) is 2. The third-order valence-corrected chi connectivity index (χ3v) is 6.77. The third-order valence-electron chi connectivity index (χ3n) is 6.77. The van der Waals surface area contributed by atoms with E-state index in [9.17, 15) is 10.0 Å². The van der Waals surface area contributed by atoms with Gasteiger partial charge in [0.25, 0.3) is 0 Å². The first-order chi connectivity index (χ1) is 11.5. The van der Waals surface area contributed by atoms with E-state index < -0.39 is 5.23 Å². The lowest BCUT2D eigenvalue weighted by atomic mass is 9.48. The molecule has 6 rings (SSSR count). The van der Waals surface area contributed by atoms with Gasteiger partial charge in [0, 0.05) is 17.5 Å². The van der Waals surface area contributed by atoms with Crippen LogP contribution in [0, 0.1) is 28.4 Å². The number of epoxide rings is 1. The number of quaternary nitrogens is 1. The van der Waals surface area contributed by atoms with Crippen molar-refractivity contribution in [1.29, 1.82) is 0 Å². The molecule has 1 aromatic carbocycles. The number of Topliss-reactive ketones (excluding diaryl/α,β-unsaturated/α-hetero) is 1. The second-order valence-corrected chi connectivity index (χ2v) is 8.47. The van der Waals surface area contributed by atoms with E-state index in [0.29, 0.717) is 5.78 Å². The topological polar surface area (TPSA) is 77.3 Å².